The van der Waals surface area contributed by atoms with E-state index in [1.54, 1.807) is 25.7 Å². The van der Waals surface area contributed by atoms with Crippen molar-refractivity contribution in [2.45, 2.75) is 97.5 Å². The van der Waals surface area contributed by atoms with Gasteiger partial charge in [0.15, 0.2) is 0 Å². The zero-order valence-electron chi connectivity index (χ0n) is 20.9. The van der Waals surface area contributed by atoms with Crippen LogP contribution in [0.4, 0.5) is 4.79 Å². The number of alkyl carbamates (subject to hydrolysis) is 1. The van der Waals surface area contributed by atoms with Crippen molar-refractivity contribution in [2.24, 2.45) is 0 Å². The molecule has 0 aromatic heterocycles. The lowest BCUT2D eigenvalue weighted by atomic mass is 9.86. The summed E-state index contributed by atoms with van der Waals surface area (Å²) in [6, 6.07) is 3.93. The van der Waals surface area contributed by atoms with Crippen molar-refractivity contribution < 1.29 is 19.1 Å². The molecule has 2 N–H and O–H groups in total. The molecule has 0 saturated heterocycles. The van der Waals surface area contributed by atoms with E-state index in [1.165, 1.54) is 0 Å². The molecule has 8 heteroatoms. The SMILES string of the molecule is Cc1cccc(C(C(=O)NC(C)C)N(C(=O)C(CS)NC(=O)OC(C)(C)C)C2CCC2)c1C. The van der Waals surface area contributed by atoms with Gasteiger partial charge in [0, 0.05) is 17.8 Å². The molecule has 0 radical (unpaired) electrons. The third-order valence-corrected chi connectivity index (χ3v) is 6.16. The van der Waals surface area contributed by atoms with Crippen LogP contribution in [0.25, 0.3) is 0 Å². The summed E-state index contributed by atoms with van der Waals surface area (Å²) in [7, 11) is 0. The van der Waals surface area contributed by atoms with Gasteiger partial charge < -0.3 is 20.3 Å². The summed E-state index contributed by atoms with van der Waals surface area (Å²) in [4.78, 5) is 41.4. The van der Waals surface area contributed by atoms with Crippen LogP contribution in [0.1, 0.15) is 76.6 Å². The smallest absolute Gasteiger partial charge is 0.408 e. The Morgan fingerprint density at radius 3 is 2.27 bits per heavy atom. The second kappa shape index (κ2) is 11.3. The van der Waals surface area contributed by atoms with E-state index >= 15 is 0 Å². The molecule has 1 aromatic rings. The predicted octanol–water partition coefficient (Wildman–Crippen LogP) is 4.07. The monoisotopic (exact) mass is 477 g/mol. The van der Waals surface area contributed by atoms with Gasteiger partial charge in [-0.25, -0.2) is 4.79 Å². The minimum absolute atomic E-state index is 0.0796. The number of hydrogen-bond acceptors (Lipinski definition) is 5. The van der Waals surface area contributed by atoms with E-state index in [9.17, 15) is 14.4 Å². The molecule has 0 aliphatic heterocycles. The first-order valence-electron chi connectivity index (χ1n) is 11.6. The minimum atomic E-state index is -0.914. The number of aryl methyl sites for hydroxylation is 1. The second-order valence-electron chi connectivity index (χ2n) is 10.1. The summed E-state index contributed by atoms with van der Waals surface area (Å²) in [6.07, 6.45) is 1.94. The standard InChI is InChI=1S/C25H39N3O4S/c1-15(2)26-22(29)21(19-13-8-10-16(3)17(19)4)28(18-11-9-12-18)23(30)20(14-33)27-24(31)32-25(5,6)7/h8,10,13,15,18,20-21,33H,9,11-12,14H2,1-7H3,(H,26,29)(H,27,31). The maximum absolute atomic E-state index is 13.8. The van der Waals surface area contributed by atoms with Gasteiger partial charge in [0.2, 0.25) is 11.8 Å². The molecule has 1 aliphatic rings. The van der Waals surface area contributed by atoms with E-state index in [0.29, 0.717) is 0 Å². The lowest BCUT2D eigenvalue weighted by Crippen LogP contribution is -2.58. The maximum atomic E-state index is 13.8. The molecular weight excluding hydrogens is 438 g/mol. The molecule has 7 nitrogen and oxygen atoms in total. The van der Waals surface area contributed by atoms with Gasteiger partial charge in [-0.3, -0.25) is 9.59 Å². The first kappa shape index (κ1) is 27.0. The lowest BCUT2D eigenvalue weighted by molar-refractivity contribution is -0.147. The maximum Gasteiger partial charge on any atom is 0.408 e. The molecule has 1 aromatic carbocycles. The van der Waals surface area contributed by atoms with E-state index < -0.39 is 23.8 Å². The Balaban J connectivity index is 2.47. The molecule has 33 heavy (non-hydrogen) atoms. The van der Waals surface area contributed by atoms with Crippen LogP contribution in [0.3, 0.4) is 0 Å². The van der Waals surface area contributed by atoms with Crippen LogP contribution in [-0.4, -0.2) is 52.3 Å². The summed E-state index contributed by atoms with van der Waals surface area (Å²) >= 11 is 4.33. The Labute approximate surface area is 203 Å². The van der Waals surface area contributed by atoms with Crippen LogP contribution in [-0.2, 0) is 14.3 Å². The fourth-order valence-electron chi connectivity index (χ4n) is 3.85. The van der Waals surface area contributed by atoms with Crippen LogP contribution in [0.5, 0.6) is 0 Å². The number of rotatable bonds is 8. The Morgan fingerprint density at radius 2 is 1.79 bits per heavy atom. The molecule has 1 fully saturated rings. The first-order valence-corrected chi connectivity index (χ1v) is 12.3. The highest BCUT2D eigenvalue weighted by Crippen LogP contribution is 2.35. The zero-order chi connectivity index (χ0) is 24.9. The number of carbonyl (C=O) groups is 3. The number of amides is 3. The third-order valence-electron chi connectivity index (χ3n) is 5.79. The molecule has 1 aliphatic carbocycles. The number of benzene rings is 1. The highest BCUT2D eigenvalue weighted by molar-refractivity contribution is 7.80. The quantitative estimate of drug-likeness (QED) is 0.493. The van der Waals surface area contributed by atoms with Gasteiger partial charge in [0.25, 0.3) is 0 Å². The van der Waals surface area contributed by atoms with E-state index in [-0.39, 0.29) is 29.7 Å². The summed E-state index contributed by atoms with van der Waals surface area (Å²) in [5, 5.41) is 5.65. The van der Waals surface area contributed by atoms with Crippen molar-refractivity contribution in [3.05, 3.63) is 34.9 Å². The summed E-state index contributed by atoms with van der Waals surface area (Å²) < 4.78 is 5.35. The predicted molar refractivity (Wildman–Crippen MR) is 133 cm³/mol. The molecular formula is C25H39N3O4S. The second-order valence-corrected chi connectivity index (χ2v) is 10.4. The van der Waals surface area contributed by atoms with Crippen LogP contribution in [0.2, 0.25) is 0 Å². The first-order chi connectivity index (χ1) is 15.4. The summed E-state index contributed by atoms with van der Waals surface area (Å²) in [5.41, 5.74) is 2.12. The topological polar surface area (TPSA) is 87.7 Å². The van der Waals surface area contributed by atoms with Gasteiger partial charge in [-0.2, -0.15) is 12.6 Å². The summed E-state index contributed by atoms with van der Waals surface area (Å²) in [6.45, 7) is 13.0. The third kappa shape index (κ3) is 7.13. The molecule has 1 saturated carbocycles. The van der Waals surface area contributed by atoms with Crippen LogP contribution >= 0.6 is 12.6 Å². The Kier molecular flexibility index (Phi) is 9.23. The number of nitrogens with zero attached hydrogens (tertiary/aromatic N) is 1. The van der Waals surface area contributed by atoms with Crippen LogP contribution < -0.4 is 10.6 Å². The molecule has 2 rings (SSSR count). The Hall–Kier alpha value is -2.22. The normalized spacial score (nSPS) is 15.9. The Morgan fingerprint density at radius 1 is 1.15 bits per heavy atom. The van der Waals surface area contributed by atoms with E-state index in [0.717, 1.165) is 36.0 Å². The summed E-state index contributed by atoms with van der Waals surface area (Å²) in [5.74, 6) is -0.466. The molecule has 2 unspecified atom stereocenters. The average Bonchev–Trinajstić information content (AvgIpc) is 2.64. The van der Waals surface area contributed by atoms with E-state index in [2.05, 4.69) is 23.3 Å². The number of hydrogen-bond donors (Lipinski definition) is 3. The lowest BCUT2D eigenvalue weighted by Gasteiger charge is -2.44. The number of carbonyl (C=O) groups excluding carboxylic acids is 3. The zero-order valence-corrected chi connectivity index (χ0v) is 21.8. The van der Waals surface area contributed by atoms with Crippen molar-refractivity contribution in [2.75, 3.05) is 5.75 Å². The van der Waals surface area contributed by atoms with E-state index in [1.807, 2.05) is 45.9 Å². The van der Waals surface area contributed by atoms with Gasteiger partial charge in [-0.15, -0.1) is 0 Å². The van der Waals surface area contributed by atoms with Gasteiger partial charge in [0.05, 0.1) is 0 Å². The van der Waals surface area contributed by atoms with Crippen molar-refractivity contribution >= 4 is 30.5 Å². The molecule has 184 valence electrons. The molecule has 2 atom stereocenters. The fourth-order valence-corrected chi connectivity index (χ4v) is 4.10. The van der Waals surface area contributed by atoms with Crippen molar-refractivity contribution in [1.29, 1.82) is 0 Å². The Bertz CT molecular complexity index is 862. The van der Waals surface area contributed by atoms with Crippen LogP contribution in [0.15, 0.2) is 18.2 Å². The average molecular weight is 478 g/mol. The minimum Gasteiger partial charge on any atom is -0.444 e. The number of nitrogens with one attached hydrogen (secondary N) is 2. The van der Waals surface area contributed by atoms with Gasteiger partial charge in [-0.05, 0) is 84.4 Å². The fraction of sp³-hybridized carbons (Fsp3) is 0.640. The highest BCUT2D eigenvalue weighted by atomic mass is 32.1. The van der Waals surface area contributed by atoms with Crippen molar-refractivity contribution in [3.63, 3.8) is 0 Å². The van der Waals surface area contributed by atoms with Crippen molar-refractivity contribution in [3.8, 4) is 0 Å². The molecule has 0 bridgehead atoms. The van der Waals surface area contributed by atoms with Gasteiger partial charge in [-0.1, -0.05) is 18.2 Å². The van der Waals surface area contributed by atoms with Gasteiger partial charge >= 0.3 is 6.09 Å². The molecule has 3 amide bonds. The van der Waals surface area contributed by atoms with E-state index in [4.69, 9.17) is 4.74 Å². The molecule has 0 spiro atoms. The van der Waals surface area contributed by atoms with Gasteiger partial charge in [0.1, 0.15) is 17.7 Å². The number of ether oxygens (including phenoxy) is 1. The van der Waals surface area contributed by atoms with Crippen molar-refractivity contribution in [1.82, 2.24) is 15.5 Å². The number of thiol groups is 1. The highest BCUT2D eigenvalue weighted by Gasteiger charge is 2.42. The van der Waals surface area contributed by atoms with Crippen LogP contribution in [0, 0.1) is 13.8 Å². The molecule has 0 heterocycles. The largest absolute Gasteiger partial charge is 0.444 e.